The third kappa shape index (κ3) is 4.16. The van der Waals surface area contributed by atoms with Crippen LogP contribution < -0.4 is 9.62 Å². The predicted molar refractivity (Wildman–Crippen MR) is 108 cm³/mol. The number of hydrogen-bond acceptors (Lipinski definition) is 3. The Hall–Kier alpha value is -2.90. The standard InChI is InChI=1S/C20H16ClFN2O3S/c1-24(19-11-3-2-10-18(19)22)28(26,27)17-9-4-6-14(12-17)20(25)23-16-8-5-7-15(21)13-16/h2-13H,1H3,(H,23,25). The van der Waals surface area contributed by atoms with Crippen LogP contribution in [0.5, 0.6) is 0 Å². The molecule has 0 saturated carbocycles. The molecule has 0 aliphatic rings. The van der Waals surface area contributed by atoms with E-state index in [-0.39, 0.29) is 16.1 Å². The summed E-state index contributed by atoms with van der Waals surface area (Å²) in [6.45, 7) is 0. The van der Waals surface area contributed by atoms with Crippen LogP contribution in [0.1, 0.15) is 10.4 Å². The highest BCUT2D eigenvalue weighted by molar-refractivity contribution is 7.92. The van der Waals surface area contributed by atoms with Crippen LogP contribution in [-0.4, -0.2) is 21.4 Å². The lowest BCUT2D eigenvalue weighted by molar-refractivity contribution is 0.102. The Bertz CT molecular complexity index is 1140. The maximum atomic E-state index is 14.0. The van der Waals surface area contributed by atoms with Gasteiger partial charge < -0.3 is 5.32 Å². The molecular formula is C20H16ClFN2O3S. The van der Waals surface area contributed by atoms with Crippen LogP contribution in [0.25, 0.3) is 0 Å². The first-order chi connectivity index (χ1) is 13.3. The van der Waals surface area contributed by atoms with E-state index in [4.69, 9.17) is 11.6 Å². The van der Waals surface area contributed by atoms with E-state index in [1.165, 1.54) is 49.5 Å². The van der Waals surface area contributed by atoms with Gasteiger partial charge in [0.15, 0.2) is 0 Å². The second kappa shape index (κ2) is 8.00. The predicted octanol–water partition coefficient (Wildman–Crippen LogP) is 4.56. The summed E-state index contributed by atoms with van der Waals surface area (Å²) in [6, 6.07) is 17.7. The zero-order chi connectivity index (χ0) is 20.3. The number of amides is 1. The Kier molecular flexibility index (Phi) is 5.67. The van der Waals surface area contributed by atoms with E-state index < -0.39 is 21.7 Å². The van der Waals surface area contributed by atoms with Crippen LogP contribution in [0.15, 0.2) is 77.7 Å². The highest BCUT2D eigenvalue weighted by atomic mass is 35.5. The molecule has 5 nitrogen and oxygen atoms in total. The highest BCUT2D eigenvalue weighted by Crippen LogP contribution is 2.25. The van der Waals surface area contributed by atoms with Crippen molar-refractivity contribution in [2.75, 3.05) is 16.7 Å². The smallest absolute Gasteiger partial charge is 0.264 e. The second-order valence-corrected chi connectivity index (χ2v) is 8.32. The molecule has 3 rings (SSSR count). The summed E-state index contributed by atoms with van der Waals surface area (Å²) in [5, 5.41) is 3.11. The van der Waals surface area contributed by atoms with Gasteiger partial charge in [-0.25, -0.2) is 12.8 Å². The van der Waals surface area contributed by atoms with Crippen molar-refractivity contribution in [3.05, 3.63) is 89.2 Å². The molecule has 0 heterocycles. The van der Waals surface area contributed by atoms with Crippen molar-refractivity contribution in [2.45, 2.75) is 4.90 Å². The summed E-state index contributed by atoms with van der Waals surface area (Å²) < 4.78 is 40.6. The minimum absolute atomic E-state index is 0.0868. The van der Waals surface area contributed by atoms with Gasteiger partial charge in [-0.05, 0) is 48.5 Å². The molecule has 1 N–H and O–H groups in total. The van der Waals surface area contributed by atoms with E-state index in [1.54, 1.807) is 30.3 Å². The molecule has 0 unspecified atom stereocenters. The first-order valence-electron chi connectivity index (χ1n) is 8.19. The maximum Gasteiger partial charge on any atom is 0.264 e. The zero-order valence-electron chi connectivity index (χ0n) is 14.8. The molecule has 0 aliphatic carbocycles. The van der Waals surface area contributed by atoms with Gasteiger partial charge in [0.25, 0.3) is 15.9 Å². The molecule has 3 aromatic rings. The first-order valence-corrected chi connectivity index (χ1v) is 10.0. The third-order valence-corrected chi connectivity index (χ3v) is 6.03. The molecule has 8 heteroatoms. The summed E-state index contributed by atoms with van der Waals surface area (Å²) in [5.74, 6) is -1.16. The number of anilines is 2. The fraction of sp³-hybridized carbons (Fsp3) is 0.0500. The van der Waals surface area contributed by atoms with Crippen molar-refractivity contribution < 1.29 is 17.6 Å². The Labute approximate surface area is 167 Å². The van der Waals surface area contributed by atoms with Gasteiger partial charge in [-0.1, -0.05) is 35.9 Å². The summed E-state index contributed by atoms with van der Waals surface area (Å²) in [6.07, 6.45) is 0. The normalized spacial score (nSPS) is 11.1. The largest absolute Gasteiger partial charge is 0.322 e. The number of sulfonamides is 1. The van der Waals surface area contributed by atoms with E-state index in [0.29, 0.717) is 10.7 Å². The minimum atomic E-state index is -4.06. The van der Waals surface area contributed by atoms with E-state index in [2.05, 4.69) is 5.32 Å². The van der Waals surface area contributed by atoms with Crippen molar-refractivity contribution in [2.24, 2.45) is 0 Å². The Balaban J connectivity index is 1.90. The second-order valence-electron chi connectivity index (χ2n) is 5.92. The van der Waals surface area contributed by atoms with Crippen LogP contribution >= 0.6 is 11.6 Å². The van der Waals surface area contributed by atoms with Gasteiger partial charge in [0.1, 0.15) is 5.82 Å². The quantitative estimate of drug-likeness (QED) is 0.660. The van der Waals surface area contributed by atoms with E-state index in [9.17, 15) is 17.6 Å². The lowest BCUT2D eigenvalue weighted by atomic mass is 10.2. The van der Waals surface area contributed by atoms with Crippen molar-refractivity contribution in [1.82, 2.24) is 0 Å². The first kappa shape index (κ1) is 19.9. The van der Waals surface area contributed by atoms with Gasteiger partial charge in [0.05, 0.1) is 10.6 Å². The molecule has 0 aliphatic heterocycles. The van der Waals surface area contributed by atoms with Gasteiger partial charge in [-0.2, -0.15) is 0 Å². The molecule has 0 atom stereocenters. The van der Waals surface area contributed by atoms with Gasteiger partial charge in [-0.15, -0.1) is 0 Å². The number of carbonyl (C=O) groups is 1. The topological polar surface area (TPSA) is 66.5 Å². The van der Waals surface area contributed by atoms with E-state index >= 15 is 0 Å². The number of hydrogen-bond donors (Lipinski definition) is 1. The Morgan fingerprint density at radius 2 is 1.71 bits per heavy atom. The fourth-order valence-corrected chi connectivity index (χ4v) is 4.00. The summed E-state index contributed by atoms with van der Waals surface area (Å²) in [7, 11) is -2.80. The maximum absolute atomic E-state index is 14.0. The third-order valence-electron chi connectivity index (χ3n) is 4.03. The number of nitrogens with one attached hydrogen (secondary N) is 1. The summed E-state index contributed by atoms with van der Waals surface area (Å²) >= 11 is 5.90. The van der Waals surface area contributed by atoms with Crippen LogP contribution in [0.2, 0.25) is 5.02 Å². The van der Waals surface area contributed by atoms with Crippen LogP contribution in [0.3, 0.4) is 0 Å². The van der Waals surface area contributed by atoms with Crippen molar-refractivity contribution in [3.63, 3.8) is 0 Å². The lowest BCUT2D eigenvalue weighted by Gasteiger charge is -2.20. The molecule has 0 spiro atoms. The average molecular weight is 419 g/mol. The Morgan fingerprint density at radius 3 is 2.43 bits per heavy atom. The minimum Gasteiger partial charge on any atom is -0.322 e. The van der Waals surface area contributed by atoms with Gasteiger partial charge in [0, 0.05) is 23.3 Å². The molecule has 0 aromatic heterocycles. The molecule has 0 bridgehead atoms. The highest BCUT2D eigenvalue weighted by Gasteiger charge is 2.24. The number of nitrogens with zero attached hydrogens (tertiary/aromatic N) is 1. The van der Waals surface area contributed by atoms with Crippen LogP contribution in [0.4, 0.5) is 15.8 Å². The number of benzene rings is 3. The molecule has 3 aromatic carbocycles. The van der Waals surface area contributed by atoms with Crippen LogP contribution in [0, 0.1) is 5.82 Å². The van der Waals surface area contributed by atoms with Crippen LogP contribution in [-0.2, 0) is 10.0 Å². The molecule has 28 heavy (non-hydrogen) atoms. The molecule has 0 radical (unpaired) electrons. The van der Waals surface area contributed by atoms with Crippen molar-refractivity contribution in [1.29, 1.82) is 0 Å². The molecule has 144 valence electrons. The summed E-state index contributed by atoms with van der Waals surface area (Å²) in [5.41, 5.74) is 0.536. The SMILES string of the molecule is CN(c1ccccc1F)S(=O)(=O)c1cccc(C(=O)Nc2cccc(Cl)c2)c1. The number of carbonyl (C=O) groups excluding carboxylic acids is 1. The fourth-order valence-electron chi connectivity index (χ4n) is 2.56. The Morgan fingerprint density at radius 1 is 1.00 bits per heavy atom. The average Bonchev–Trinajstić information content (AvgIpc) is 2.68. The van der Waals surface area contributed by atoms with Crippen molar-refractivity contribution in [3.8, 4) is 0 Å². The number of para-hydroxylation sites is 1. The van der Waals surface area contributed by atoms with Crippen molar-refractivity contribution >= 4 is 38.9 Å². The number of rotatable bonds is 5. The molecular weight excluding hydrogens is 403 g/mol. The summed E-state index contributed by atoms with van der Waals surface area (Å²) in [4.78, 5) is 12.3. The van der Waals surface area contributed by atoms with Gasteiger partial charge in [-0.3, -0.25) is 9.10 Å². The monoisotopic (exact) mass is 418 g/mol. The van der Waals surface area contributed by atoms with Gasteiger partial charge in [0.2, 0.25) is 0 Å². The van der Waals surface area contributed by atoms with Gasteiger partial charge >= 0.3 is 0 Å². The van der Waals surface area contributed by atoms with E-state index in [1.807, 2.05) is 0 Å². The molecule has 1 amide bonds. The number of halogens is 2. The molecule has 0 fully saturated rings. The zero-order valence-corrected chi connectivity index (χ0v) is 16.3. The lowest BCUT2D eigenvalue weighted by Crippen LogP contribution is -2.27. The molecule has 0 saturated heterocycles. The van der Waals surface area contributed by atoms with E-state index in [0.717, 1.165) is 4.31 Å².